The van der Waals surface area contributed by atoms with Gasteiger partial charge in [-0.25, -0.2) is 4.39 Å². The van der Waals surface area contributed by atoms with E-state index in [2.05, 4.69) is 16.2 Å². The van der Waals surface area contributed by atoms with Gasteiger partial charge in [0.2, 0.25) is 0 Å². The van der Waals surface area contributed by atoms with Gasteiger partial charge in [-0.1, -0.05) is 41.9 Å². The van der Waals surface area contributed by atoms with Crippen LogP contribution in [0.25, 0.3) is 0 Å². The summed E-state index contributed by atoms with van der Waals surface area (Å²) in [4.78, 5) is 35.1. The van der Waals surface area contributed by atoms with E-state index in [1.807, 2.05) is 0 Å². The minimum atomic E-state index is -0.862. The highest BCUT2D eigenvalue weighted by Gasteiger charge is 2.19. The fourth-order valence-electron chi connectivity index (χ4n) is 2.70. The zero-order valence-electron chi connectivity index (χ0n) is 15.9. The number of hydrogen-bond acceptors (Lipinski definition) is 5. The molecule has 0 spiro atoms. The lowest BCUT2D eigenvalue weighted by Crippen LogP contribution is -2.41. The van der Waals surface area contributed by atoms with E-state index in [0.717, 1.165) is 17.7 Å². The summed E-state index contributed by atoms with van der Waals surface area (Å²) in [6.45, 7) is 0.241. The highest BCUT2D eigenvalue weighted by molar-refractivity contribution is 6.31. The predicted octanol–water partition coefficient (Wildman–Crippen LogP) is 4.07. The Labute approximate surface area is 181 Å². The molecule has 3 N–H and O–H groups in total. The number of nitrogens with one attached hydrogen (secondary N) is 3. The van der Waals surface area contributed by atoms with Gasteiger partial charge in [-0.3, -0.25) is 30.6 Å². The first kappa shape index (κ1) is 21.7. The van der Waals surface area contributed by atoms with Gasteiger partial charge < -0.3 is 5.32 Å². The first-order valence-corrected chi connectivity index (χ1v) is 9.35. The molecule has 0 bridgehead atoms. The number of nitro groups is 1. The molecule has 0 heterocycles. The Morgan fingerprint density at radius 2 is 1.65 bits per heavy atom. The van der Waals surface area contributed by atoms with Crippen molar-refractivity contribution in [2.45, 2.75) is 6.54 Å². The van der Waals surface area contributed by atoms with Gasteiger partial charge in [0.25, 0.3) is 17.5 Å². The zero-order chi connectivity index (χ0) is 22.4. The monoisotopic (exact) mass is 442 g/mol. The lowest BCUT2D eigenvalue weighted by molar-refractivity contribution is -0.384. The molecule has 0 saturated carbocycles. The smallest absolute Gasteiger partial charge is 0.293 e. The van der Waals surface area contributed by atoms with Crippen LogP contribution in [0.3, 0.4) is 0 Å². The Kier molecular flexibility index (Phi) is 6.78. The Bertz CT molecular complexity index is 1160. The third kappa shape index (κ3) is 5.34. The van der Waals surface area contributed by atoms with E-state index in [0.29, 0.717) is 5.02 Å². The lowest BCUT2D eigenvalue weighted by Gasteiger charge is -2.11. The molecule has 3 rings (SSSR count). The molecule has 0 radical (unpaired) electrons. The molecule has 0 aliphatic heterocycles. The molecule has 0 fully saturated rings. The molecule has 3 aromatic rings. The van der Waals surface area contributed by atoms with Crippen molar-refractivity contribution >= 4 is 34.8 Å². The van der Waals surface area contributed by atoms with E-state index < -0.39 is 22.6 Å². The molecule has 0 unspecified atom stereocenters. The fourth-order valence-corrected chi connectivity index (χ4v) is 2.91. The molecule has 3 aromatic carbocycles. The summed E-state index contributed by atoms with van der Waals surface area (Å²) in [5.41, 5.74) is 4.47. The molecule has 0 atom stereocenters. The molecule has 0 saturated heterocycles. The number of benzene rings is 3. The van der Waals surface area contributed by atoms with Crippen LogP contribution in [0.4, 0.5) is 15.8 Å². The summed E-state index contributed by atoms with van der Waals surface area (Å²) in [5.74, 6) is -2.41. The van der Waals surface area contributed by atoms with Crippen molar-refractivity contribution in [1.29, 1.82) is 0 Å². The summed E-state index contributed by atoms with van der Waals surface area (Å²) >= 11 is 6.09. The van der Waals surface area contributed by atoms with Crippen molar-refractivity contribution in [3.05, 3.63) is 104 Å². The summed E-state index contributed by atoms with van der Waals surface area (Å²) < 4.78 is 13.6. The van der Waals surface area contributed by atoms with Crippen LogP contribution in [0.1, 0.15) is 26.3 Å². The van der Waals surface area contributed by atoms with Crippen molar-refractivity contribution < 1.29 is 18.9 Å². The van der Waals surface area contributed by atoms with E-state index in [4.69, 9.17) is 11.6 Å². The molecular weight excluding hydrogens is 427 g/mol. The van der Waals surface area contributed by atoms with E-state index in [1.165, 1.54) is 30.3 Å². The molecular formula is C21H16ClFN4O4. The third-order valence-electron chi connectivity index (χ3n) is 4.29. The largest absolute Gasteiger partial charge is 0.375 e. The minimum absolute atomic E-state index is 0.0659. The quantitative estimate of drug-likeness (QED) is 0.393. The number of carbonyl (C=O) groups excluding carboxylic acids is 2. The number of nitrogens with zero attached hydrogens (tertiary/aromatic N) is 1. The first-order valence-electron chi connectivity index (χ1n) is 8.97. The molecule has 0 aromatic heterocycles. The fraction of sp³-hybridized carbons (Fsp3) is 0.0476. The second-order valence-electron chi connectivity index (χ2n) is 6.32. The van der Waals surface area contributed by atoms with Gasteiger partial charge in [-0.2, -0.15) is 0 Å². The van der Waals surface area contributed by atoms with Gasteiger partial charge in [-0.15, -0.1) is 0 Å². The molecule has 8 nitrogen and oxygen atoms in total. The Morgan fingerprint density at radius 3 is 2.35 bits per heavy atom. The van der Waals surface area contributed by atoms with E-state index in [9.17, 15) is 24.1 Å². The van der Waals surface area contributed by atoms with E-state index in [1.54, 1.807) is 24.3 Å². The maximum atomic E-state index is 13.6. The van der Waals surface area contributed by atoms with Crippen LogP contribution in [-0.2, 0) is 6.54 Å². The van der Waals surface area contributed by atoms with Crippen LogP contribution in [-0.4, -0.2) is 16.7 Å². The van der Waals surface area contributed by atoms with E-state index in [-0.39, 0.29) is 29.0 Å². The highest BCUT2D eigenvalue weighted by Crippen LogP contribution is 2.27. The average molecular weight is 443 g/mol. The van der Waals surface area contributed by atoms with Crippen LogP contribution in [0.2, 0.25) is 5.02 Å². The van der Waals surface area contributed by atoms with Crippen LogP contribution >= 0.6 is 11.6 Å². The number of carbonyl (C=O) groups is 2. The third-order valence-corrected chi connectivity index (χ3v) is 4.66. The molecule has 158 valence electrons. The van der Waals surface area contributed by atoms with Gasteiger partial charge in [0.05, 0.1) is 10.5 Å². The van der Waals surface area contributed by atoms with Gasteiger partial charge in [0, 0.05) is 23.2 Å². The van der Waals surface area contributed by atoms with Crippen LogP contribution in [0.15, 0.2) is 66.7 Å². The Morgan fingerprint density at radius 1 is 0.968 bits per heavy atom. The predicted molar refractivity (Wildman–Crippen MR) is 113 cm³/mol. The molecule has 0 aliphatic rings. The topological polar surface area (TPSA) is 113 Å². The van der Waals surface area contributed by atoms with Crippen molar-refractivity contribution in [3.63, 3.8) is 0 Å². The summed E-state index contributed by atoms with van der Waals surface area (Å²) in [5, 5.41) is 14.9. The summed E-state index contributed by atoms with van der Waals surface area (Å²) in [6, 6.07) is 16.1. The Hall–Kier alpha value is -3.98. The number of hydrazine groups is 1. The minimum Gasteiger partial charge on any atom is -0.375 e. The number of amides is 2. The average Bonchev–Trinajstić information content (AvgIpc) is 2.77. The standard InChI is InChI=1S/C21H16ClFN4O4/c22-16-7-3-1-5-14(16)12-24-18-10-9-13(11-19(18)27(30)31)20(28)25-26-21(29)15-6-2-4-8-17(15)23/h1-11,24H,12H2,(H,25,28)(H,26,29). The number of nitro benzene ring substituents is 1. The highest BCUT2D eigenvalue weighted by atomic mass is 35.5. The number of halogens is 2. The summed E-state index contributed by atoms with van der Waals surface area (Å²) in [6.07, 6.45) is 0. The van der Waals surface area contributed by atoms with E-state index >= 15 is 0 Å². The van der Waals surface area contributed by atoms with Crippen LogP contribution in [0, 0.1) is 15.9 Å². The maximum absolute atomic E-state index is 13.6. The number of hydrogen-bond donors (Lipinski definition) is 3. The number of rotatable bonds is 6. The van der Waals surface area contributed by atoms with Crippen molar-refractivity contribution in [1.82, 2.24) is 10.9 Å². The SMILES string of the molecule is O=C(NNC(=O)c1ccccc1F)c1ccc(NCc2ccccc2Cl)c([N+](=O)[O-])c1. The van der Waals surface area contributed by atoms with Gasteiger partial charge in [0.1, 0.15) is 11.5 Å². The summed E-state index contributed by atoms with van der Waals surface area (Å²) in [7, 11) is 0. The molecule has 31 heavy (non-hydrogen) atoms. The van der Waals surface area contributed by atoms with Gasteiger partial charge in [0.15, 0.2) is 0 Å². The second kappa shape index (κ2) is 9.68. The van der Waals surface area contributed by atoms with Crippen LogP contribution in [0.5, 0.6) is 0 Å². The maximum Gasteiger partial charge on any atom is 0.293 e. The van der Waals surface area contributed by atoms with Crippen molar-refractivity contribution in [2.24, 2.45) is 0 Å². The first-order chi connectivity index (χ1) is 14.9. The number of anilines is 1. The van der Waals surface area contributed by atoms with Crippen LogP contribution < -0.4 is 16.2 Å². The normalized spacial score (nSPS) is 10.3. The Balaban J connectivity index is 1.70. The lowest BCUT2D eigenvalue weighted by atomic mass is 10.1. The van der Waals surface area contributed by atoms with Gasteiger partial charge in [-0.05, 0) is 35.9 Å². The molecule has 10 heteroatoms. The molecule has 2 amide bonds. The van der Waals surface area contributed by atoms with Crippen molar-refractivity contribution in [2.75, 3.05) is 5.32 Å². The zero-order valence-corrected chi connectivity index (χ0v) is 16.7. The second-order valence-corrected chi connectivity index (χ2v) is 6.73. The van der Waals surface area contributed by atoms with Crippen molar-refractivity contribution in [3.8, 4) is 0 Å². The van der Waals surface area contributed by atoms with Gasteiger partial charge >= 0.3 is 0 Å². The molecule has 0 aliphatic carbocycles.